The smallest absolute Gasteiger partial charge is 0.314 e. The van der Waals surface area contributed by atoms with Crippen molar-refractivity contribution in [1.29, 1.82) is 0 Å². The van der Waals surface area contributed by atoms with Crippen LogP contribution < -0.4 is 0 Å². The molecule has 4 nitrogen and oxygen atoms in total. The van der Waals surface area contributed by atoms with Crippen LogP contribution in [0.1, 0.15) is 118 Å². The predicted octanol–water partition coefficient (Wildman–Crippen LogP) is 8.82. The number of aliphatic hydroxyl groups is 1. The van der Waals surface area contributed by atoms with Gasteiger partial charge in [-0.2, -0.15) is 0 Å². The Kier molecular flexibility index (Phi) is 15.9. The fourth-order valence-corrected chi connectivity index (χ4v) is 6.82. The summed E-state index contributed by atoms with van der Waals surface area (Å²) in [7, 11) is 0. The average molecular weight is 582 g/mol. The lowest BCUT2D eigenvalue weighted by Gasteiger charge is -2.53. The zero-order valence-corrected chi connectivity index (χ0v) is 25.7. The number of Topliss-reactive ketones (excluding diaryl/α,β-unsaturated/α-hetero) is 1. The number of hydrogen-bond donors (Lipinski definition) is 2. The number of ketones is 1. The minimum Gasteiger partial charge on any atom is -0.481 e. The summed E-state index contributed by atoms with van der Waals surface area (Å²) in [5, 5.41) is 17.2. The van der Waals surface area contributed by atoms with Crippen LogP contribution in [0.25, 0.3) is 0 Å². The van der Waals surface area contributed by atoms with E-state index in [-0.39, 0.29) is 11.1 Å². The van der Waals surface area contributed by atoms with E-state index in [0.29, 0.717) is 17.8 Å². The first-order chi connectivity index (χ1) is 17.6. The Morgan fingerprint density at radius 3 is 2.32 bits per heavy atom. The van der Waals surface area contributed by atoms with Crippen LogP contribution in [0.4, 0.5) is 0 Å². The van der Waals surface area contributed by atoms with E-state index >= 15 is 0 Å². The molecule has 3 aliphatic rings. The second-order valence-electron chi connectivity index (χ2n) is 11.2. The minimum absolute atomic E-state index is 0.00448. The van der Waals surface area contributed by atoms with Crippen molar-refractivity contribution in [3.05, 3.63) is 35.5 Å². The molecule has 0 heterocycles. The molecule has 0 amide bonds. The quantitative estimate of drug-likeness (QED) is 0.281. The van der Waals surface area contributed by atoms with E-state index in [4.69, 9.17) is 5.11 Å². The first kappa shape index (κ1) is 33.8. The van der Waals surface area contributed by atoms with E-state index < -0.39 is 12.1 Å². The van der Waals surface area contributed by atoms with Crippen molar-refractivity contribution in [1.82, 2.24) is 0 Å². The van der Waals surface area contributed by atoms with Crippen molar-refractivity contribution in [2.45, 2.75) is 124 Å². The zero-order chi connectivity index (χ0) is 28.0. The molecule has 3 fully saturated rings. The highest BCUT2D eigenvalue weighted by Crippen LogP contribution is 2.57. The van der Waals surface area contributed by atoms with Gasteiger partial charge >= 0.3 is 5.97 Å². The molecular weight excluding hydrogens is 528 g/mol. The van der Waals surface area contributed by atoms with E-state index in [0.717, 1.165) is 24.7 Å². The van der Waals surface area contributed by atoms with Crippen LogP contribution in [-0.2, 0) is 9.59 Å². The molecular formula is C32H53BrO4. The molecule has 0 saturated heterocycles. The average Bonchev–Trinajstić information content (AvgIpc) is 2.88. The number of fused-ring (bicyclic) bond motifs is 1. The van der Waals surface area contributed by atoms with E-state index in [1.54, 1.807) is 12.5 Å². The second-order valence-corrected chi connectivity index (χ2v) is 11.8. The number of carboxylic acids is 1. The molecule has 212 valence electrons. The third-order valence-electron chi connectivity index (χ3n) is 8.76. The monoisotopic (exact) mass is 580 g/mol. The minimum atomic E-state index is -0.829. The topological polar surface area (TPSA) is 74.6 Å². The molecule has 0 aromatic carbocycles. The van der Waals surface area contributed by atoms with Crippen LogP contribution in [0, 0.1) is 23.2 Å². The number of aliphatic hydroxyl groups excluding tert-OH is 1. The summed E-state index contributed by atoms with van der Waals surface area (Å²) >= 11 is 2.71. The predicted molar refractivity (Wildman–Crippen MR) is 159 cm³/mol. The summed E-state index contributed by atoms with van der Waals surface area (Å²) in [6.07, 6.45) is 19.6. The van der Waals surface area contributed by atoms with Gasteiger partial charge in [0.1, 0.15) is 11.4 Å². The number of hydrogen-bond acceptors (Lipinski definition) is 3. The molecule has 5 heteroatoms. The molecule has 4 unspecified atom stereocenters. The number of carbonyl (C=O) groups is 2. The van der Waals surface area contributed by atoms with E-state index in [1.165, 1.54) is 75.4 Å². The largest absolute Gasteiger partial charge is 0.481 e. The van der Waals surface area contributed by atoms with Crippen LogP contribution in [0.5, 0.6) is 0 Å². The molecule has 3 saturated carbocycles. The van der Waals surface area contributed by atoms with Crippen molar-refractivity contribution >= 4 is 27.7 Å². The number of alkyl halides is 1. The number of halogens is 1. The Labute approximate surface area is 235 Å². The number of allylic oxidation sites excluding steroid dienone is 5. The van der Waals surface area contributed by atoms with Gasteiger partial charge in [0.2, 0.25) is 0 Å². The van der Waals surface area contributed by atoms with Crippen molar-refractivity contribution < 1.29 is 19.8 Å². The number of rotatable bonds is 8. The molecule has 0 spiro atoms. The molecule has 3 aliphatic carbocycles. The van der Waals surface area contributed by atoms with Crippen LogP contribution in [0.15, 0.2) is 35.5 Å². The maximum atomic E-state index is 11.8. The molecule has 5 atom stereocenters. The lowest BCUT2D eigenvalue weighted by atomic mass is 9.51. The van der Waals surface area contributed by atoms with E-state index in [2.05, 4.69) is 48.5 Å². The van der Waals surface area contributed by atoms with Gasteiger partial charge in [0.15, 0.2) is 5.78 Å². The standard InChI is InChI=1S/C28H44O2.C2H3BrO2.C2H6/c1-20-10-5-6-12-23(20)17-18-24-13-9-19-28(4)25(14-8-15-26(24)28)21(2)11-7-16-27(30)22(3)29;3-1-2(4)5;1-2/h17-18,21-22,25-26,29H,1,5-16,19H2,2-4H3;1H2,(H,4,5);1-2H3/b23-17-,24-18+;;/t21-,22?,25?,26?,28?;;/m1../s1. The van der Waals surface area contributed by atoms with E-state index in [1.807, 2.05) is 13.8 Å². The Morgan fingerprint density at radius 1 is 1.08 bits per heavy atom. The molecule has 0 aromatic heterocycles. The summed E-state index contributed by atoms with van der Waals surface area (Å²) < 4.78 is 0. The number of aliphatic carboxylic acids is 1. The lowest BCUT2D eigenvalue weighted by Crippen LogP contribution is -2.44. The van der Waals surface area contributed by atoms with Gasteiger partial charge in [-0.05, 0) is 99.9 Å². The Hall–Kier alpha value is -1.20. The third kappa shape index (κ3) is 10.5. The summed E-state index contributed by atoms with van der Waals surface area (Å²) in [5.41, 5.74) is 4.94. The van der Waals surface area contributed by atoms with Gasteiger partial charge in [0.05, 0.1) is 0 Å². The molecule has 3 rings (SSSR count). The number of carbonyl (C=O) groups excluding carboxylic acids is 1. The van der Waals surface area contributed by atoms with Gasteiger partial charge in [-0.15, -0.1) is 0 Å². The maximum absolute atomic E-state index is 11.8. The maximum Gasteiger partial charge on any atom is 0.314 e. The first-order valence-corrected chi connectivity index (χ1v) is 15.8. The molecule has 0 bridgehead atoms. The van der Waals surface area contributed by atoms with Gasteiger partial charge in [0.25, 0.3) is 0 Å². The van der Waals surface area contributed by atoms with Crippen LogP contribution in [0.2, 0.25) is 0 Å². The fraction of sp³-hybridized carbons (Fsp3) is 0.750. The second kappa shape index (κ2) is 17.4. The van der Waals surface area contributed by atoms with Crippen LogP contribution in [-0.4, -0.2) is 33.4 Å². The van der Waals surface area contributed by atoms with Gasteiger partial charge in [0, 0.05) is 6.42 Å². The SMILES string of the molecule is C=C1CCCC/C1=C/C=C1\CCCC2(C)C1CCCC2[C@H](C)CCCC(=O)C(C)O.CC.O=C(O)CBr. The van der Waals surface area contributed by atoms with Crippen molar-refractivity contribution in [3.63, 3.8) is 0 Å². The zero-order valence-electron chi connectivity index (χ0n) is 24.2. The molecule has 0 aliphatic heterocycles. The lowest BCUT2D eigenvalue weighted by molar-refractivity contribution is -0.133. The summed E-state index contributed by atoms with van der Waals surface area (Å²) in [6, 6.07) is 0. The summed E-state index contributed by atoms with van der Waals surface area (Å²) in [4.78, 5) is 21.1. The summed E-state index contributed by atoms with van der Waals surface area (Å²) in [6.45, 7) is 14.9. The van der Waals surface area contributed by atoms with Crippen molar-refractivity contribution in [3.8, 4) is 0 Å². The highest BCUT2D eigenvalue weighted by atomic mass is 79.9. The van der Waals surface area contributed by atoms with Crippen LogP contribution in [0.3, 0.4) is 0 Å². The molecule has 0 aromatic rings. The Balaban J connectivity index is 0.000000874. The molecule has 2 N–H and O–H groups in total. The highest BCUT2D eigenvalue weighted by molar-refractivity contribution is 9.09. The highest BCUT2D eigenvalue weighted by Gasteiger charge is 2.48. The Morgan fingerprint density at radius 2 is 1.73 bits per heavy atom. The van der Waals surface area contributed by atoms with Gasteiger partial charge < -0.3 is 10.2 Å². The number of carboxylic acid groups (broad SMARTS) is 1. The first-order valence-electron chi connectivity index (χ1n) is 14.7. The van der Waals surface area contributed by atoms with Crippen molar-refractivity contribution in [2.75, 3.05) is 5.33 Å². The third-order valence-corrected chi connectivity index (χ3v) is 9.24. The normalized spacial score (nSPS) is 29.2. The molecule has 0 radical (unpaired) electrons. The van der Waals surface area contributed by atoms with E-state index in [9.17, 15) is 14.7 Å². The Bertz CT molecular complexity index is 797. The van der Waals surface area contributed by atoms with Crippen molar-refractivity contribution in [2.24, 2.45) is 23.2 Å². The van der Waals surface area contributed by atoms with Gasteiger partial charge in [-0.3, -0.25) is 9.59 Å². The van der Waals surface area contributed by atoms with Gasteiger partial charge in [-0.25, -0.2) is 0 Å². The fourth-order valence-electron chi connectivity index (χ4n) is 6.82. The van der Waals surface area contributed by atoms with Gasteiger partial charge in [-0.1, -0.05) is 86.3 Å². The molecule has 37 heavy (non-hydrogen) atoms. The summed E-state index contributed by atoms with van der Waals surface area (Å²) in [5.74, 6) is 1.29. The van der Waals surface area contributed by atoms with Crippen LogP contribution >= 0.6 is 15.9 Å².